The Hall–Kier alpha value is -2.36. The molecule has 0 bridgehead atoms. The normalized spacial score (nSPS) is 11.8. The van der Waals surface area contributed by atoms with Gasteiger partial charge in [0.2, 0.25) is 0 Å². The van der Waals surface area contributed by atoms with Gasteiger partial charge in [-0.2, -0.15) is 0 Å². The molecule has 0 spiro atoms. The van der Waals surface area contributed by atoms with Gasteiger partial charge in [-0.1, -0.05) is 13.0 Å². The first kappa shape index (κ1) is 15.0. The third kappa shape index (κ3) is 4.05. The lowest BCUT2D eigenvalue weighted by Gasteiger charge is -2.14. The van der Waals surface area contributed by atoms with Gasteiger partial charge in [0, 0.05) is 23.5 Å². The molecule has 4 nitrogen and oxygen atoms in total. The smallest absolute Gasteiger partial charge is 0.143 e. The van der Waals surface area contributed by atoms with E-state index in [0.717, 1.165) is 23.5 Å². The van der Waals surface area contributed by atoms with Crippen LogP contribution in [0.5, 0.6) is 11.5 Å². The van der Waals surface area contributed by atoms with Crippen LogP contribution in [0.1, 0.15) is 20.3 Å². The summed E-state index contributed by atoms with van der Waals surface area (Å²) in [5.41, 5.74) is 8.32. The molecular weight excluding hydrogens is 264 g/mol. The zero-order chi connectivity index (χ0) is 15.2. The van der Waals surface area contributed by atoms with Gasteiger partial charge in [-0.25, -0.2) is 0 Å². The Morgan fingerprint density at radius 1 is 1.14 bits per heavy atom. The average molecular weight is 286 g/mol. The minimum atomic E-state index is 0.205. The van der Waals surface area contributed by atoms with Gasteiger partial charge in [0.15, 0.2) is 0 Å². The lowest BCUT2D eigenvalue weighted by atomic mass is 10.2. The van der Waals surface area contributed by atoms with Gasteiger partial charge in [0.25, 0.3) is 0 Å². The molecule has 0 aromatic heterocycles. The van der Waals surface area contributed by atoms with Gasteiger partial charge in [0.1, 0.15) is 11.5 Å². The number of benzene rings is 2. The van der Waals surface area contributed by atoms with Crippen molar-refractivity contribution < 1.29 is 9.47 Å². The van der Waals surface area contributed by atoms with Gasteiger partial charge in [-0.15, -0.1) is 0 Å². The fraction of sp³-hybridized carbons (Fsp3) is 0.294. The lowest BCUT2D eigenvalue weighted by Crippen LogP contribution is -2.09. The van der Waals surface area contributed by atoms with Crippen molar-refractivity contribution in [2.75, 3.05) is 18.2 Å². The van der Waals surface area contributed by atoms with E-state index >= 15 is 0 Å². The summed E-state index contributed by atoms with van der Waals surface area (Å²) in [6, 6.07) is 13.5. The van der Waals surface area contributed by atoms with E-state index in [2.05, 4.69) is 19.2 Å². The molecule has 112 valence electrons. The molecule has 0 aliphatic rings. The van der Waals surface area contributed by atoms with Crippen molar-refractivity contribution in [1.29, 1.82) is 0 Å². The maximum Gasteiger partial charge on any atom is 0.143 e. The Labute approximate surface area is 125 Å². The number of anilines is 3. The van der Waals surface area contributed by atoms with Gasteiger partial charge in [-0.3, -0.25) is 0 Å². The standard InChI is InChI=1S/C17H22N2O2/c1-4-12(2)21-15-7-5-6-13(10-15)19-14-8-9-16(18)17(11-14)20-3/h5-12,19H,4,18H2,1-3H3. The van der Waals surface area contributed by atoms with E-state index in [9.17, 15) is 0 Å². The van der Waals surface area contributed by atoms with E-state index < -0.39 is 0 Å². The Morgan fingerprint density at radius 3 is 2.62 bits per heavy atom. The monoisotopic (exact) mass is 286 g/mol. The van der Waals surface area contributed by atoms with Crippen LogP contribution in [0.4, 0.5) is 17.1 Å². The summed E-state index contributed by atoms with van der Waals surface area (Å²) in [7, 11) is 1.61. The van der Waals surface area contributed by atoms with Crippen molar-refractivity contribution in [2.45, 2.75) is 26.4 Å². The van der Waals surface area contributed by atoms with Gasteiger partial charge < -0.3 is 20.5 Å². The van der Waals surface area contributed by atoms with E-state index in [1.807, 2.05) is 42.5 Å². The Morgan fingerprint density at radius 2 is 1.90 bits per heavy atom. The van der Waals surface area contributed by atoms with Gasteiger partial charge in [-0.05, 0) is 37.6 Å². The molecule has 1 atom stereocenters. The summed E-state index contributed by atoms with van der Waals surface area (Å²) >= 11 is 0. The van der Waals surface area contributed by atoms with Crippen LogP contribution < -0.4 is 20.5 Å². The fourth-order valence-electron chi connectivity index (χ4n) is 1.92. The second-order valence-corrected chi connectivity index (χ2v) is 4.95. The number of nitrogens with two attached hydrogens (primary N) is 1. The largest absolute Gasteiger partial charge is 0.495 e. The number of ether oxygens (including phenoxy) is 2. The van der Waals surface area contributed by atoms with E-state index in [-0.39, 0.29) is 6.10 Å². The minimum absolute atomic E-state index is 0.205. The molecule has 0 heterocycles. The topological polar surface area (TPSA) is 56.5 Å². The van der Waals surface area contributed by atoms with Crippen LogP contribution in [-0.2, 0) is 0 Å². The van der Waals surface area contributed by atoms with Crippen molar-refractivity contribution in [2.24, 2.45) is 0 Å². The maximum atomic E-state index is 5.82. The molecule has 0 amide bonds. The quantitative estimate of drug-likeness (QED) is 0.781. The number of methoxy groups -OCH3 is 1. The van der Waals surface area contributed by atoms with Crippen LogP contribution in [0.2, 0.25) is 0 Å². The van der Waals surface area contributed by atoms with Gasteiger partial charge >= 0.3 is 0 Å². The minimum Gasteiger partial charge on any atom is -0.495 e. The summed E-state index contributed by atoms with van der Waals surface area (Å²) in [4.78, 5) is 0. The van der Waals surface area contributed by atoms with Crippen molar-refractivity contribution >= 4 is 17.1 Å². The van der Waals surface area contributed by atoms with Crippen LogP contribution in [-0.4, -0.2) is 13.2 Å². The molecule has 21 heavy (non-hydrogen) atoms. The summed E-state index contributed by atoms with van der Waals surface area (Å²) in [6.07, 6.45) is 1.18. The molecule has 1 unspecified atom stereocenters. The highest BCUT2D eigenvalue weighted by Gasteiger charge is 2.04. The van der Waals surface area contributed by atoms with Crippen LogP contribution in [0.3, 0.4) is 0 Å². The second-order valence-electron chi connectivity index (χ2n) is 4.95. The molecule has 3 N–H and O–H groups in total. The first-order chi connectivity index (χ1) is 10.1. The van der Waals surface area contributed by atoms with Crippen LogP contribution in [0.15, 0.2) is 42.5 Å². The SMILES string of the molecule is CCC(C)Oc1cccc(Nc2ccc(N)c(OC)c2)c1. The van der Waals surface area contributed by atoms with Crippen molar-refractivity contribution in [3.63, 3.8) is 0 Å². The third-order valence-corrected chi connectivity index (χ3v) is 3.27. The molecule has 0 saturated carbocycles. The number of rotatable bonds is 6. The predicted octanol–water partition coefficient (Wildman–Crippen LogP) is 4.20. The summed E-state index contributed by atoms with van der Waals surface area (Å²) in [5, 5.41) is 3.32. The third-order valence-electron chi connectivity index (χ3n) is 3.27. The Kier molecular flexibility index (Phi) is 4.93. The lowest BCUT2D eigenvalue weighted by molar-refractivity contribution is 0.217. The highest BCUT2D eigenvalue weighted by molar-refractivity contribution is 5.67. The maximum absolute atomic E-state index is 5.82. The zero-order valence-electron chi connectivity index (χ0n) is 12.7. The number of hydrogen-bond donors (Lipinski definition) is 2. The second kappa shape index (κ2) is 6.88. The summed E-state index contributed by atoms with van der Waals surface area (Å²) in [6.45, 7) is 4.17. The molecule has 2 aromatic carbocycles. The first-order valence-corrected chi connectivity index (χ1v) is 7.09. The summed E-state index contributed by atoms with van der Waals surface area (Å²) < 4.78 is 11.0. The Balaban J connectivity index is 2.14. The van der Waals surface area contributed by atoms with Crippen molar-refractivity contribution in [1.82, 2.24) is 0 Å². The summed E-state index contributed by atoms with van der Waals surface area (Å²) in [5.74, 6) is 1.52. The molecule has 0 aliphatic heterocycles. The molecule has 2 aromatic rings. The highest BCUT2D eigenvalue weighted by Crippen LogP contribution is 2.28. The molecular formula is C17H22N2O2. The van der Waals surface area contributed by atoms with Gasteiger partial charge in [0.05, 0.1) is 18.9 Å². The molecule has 0 aliphatic carbocycles. The van der Waals surface area contributed by atoms with Crippen LogP contribution in [0, 0.1) is 0 Å². The predicted molar refractivity (Wildman–Crippen MR) is 87.5 cm³/mol. The van der Waals surface area contributed by atoms with E-state index in [1.54, 1.807) is 7.11 Å². The van der Waals surface area contributed by atoms with Crippen LogP contribution in [0.25, 0.3) is 0 Å². The molecule has 4 heteroatoms. The number of nitrogen functional groups attached to an aromatic ring is 1. The number of nitrogens with one attached hydrogen (secondary N) is 1. The molecule has 0 saturated heterocycles. The molecule has 0 fully saturated rings. The van der Waals surface area contributed by atoms with E-state index in [1.165, 1.54) is 0 Å². The van der Waals surface area contributed by atoms with Crippen molar-refractivity contribution in [3.05, 3.63) is 42.5 Å². The van der Waals surface area contributed by atoms with Crippen molar-refractivity contribution in [3.8, 4) is 11.5 Å². The van der Waals surface area contributed by atoms with Crippen LogP contribution >= 0.6 is 0 Å². The fourth-order valence-corrected chi connectivity index (χ4v) is 1.92. The average Bonchev–Trinajstić information content (AvgIpc) is 2.49. The first-order valence-electron chi connectivity index (χ1n) is 7.09. The molecule has 2 rings (SSSR count). The molecule has 0 radical (unpaired) electrons. The Bertz CT molecular complexity index is 599. The van der Waals surface area contributed by atoms with E-state index in [0.29, 0.717) is 11.4 Å². The zero-order valence-corrected chi connectivity index (χ0v) is 12.7. The highest BCUT2D eigenvalue weighted by atomic mass is 16.5. The van der Waals surface area contributed by atoms with E-state index in [4.69, 9.17) is 15.2 Å². The number of hydrogen-bond acceptors (Lipinski definition) is 4.